The Kier molecular flexibility index (Phi) is 3.27. The van der Waals surface area contributed by atoms with Gasteiger partial charge in [-0.05, 0) is 22.9 Å². The first-order valence-electron chi connectivity index (χ1n) is 4.35. The summed E-state index contributed by atoms with van der Waals surface area (Å²) in [5, 5.41) is 3.23. The van der Waals surface area contributed by atoms with E-state index in [2.05, 4.69) is 36.2 Å². The zero-order valence-electron chi connectivity index (χ0n) is 8.07. The molecule has 2 rings (SSSR count). The van der Waals surface area contributed by atoms with Gasteiger partial charge in [0.15, 0.2) is 0 Å². The quantitative estimate of drug-likeness (QED) is 0.941. The Balaban J connectivity index is 2.06. The molecule has 0 saturated carbocycles. The maximum Gasteiger partial charge on any atom is 0.144 e. The Hall–Kier alpha value is -1.01. The lowest BCUT2D eigenvalue weighted by atomic mass is 10.4. The lowest BCUT2D eigenvalue weighted by molar-refractivity contribution is 1.07. The minimum atomic E-state index is 0.742. The van der Waals surface area contributed by atoms with E-state index in [-0.39, 0.29) is 0 Å². The number of nitrogens with zero attached hydrogens (tertiary/aromatic N) is 3. The van der Waals surface area contributed by atoms with Crippen LogP contribution < -0.4 is 5.32 Å². The molecule has 15 heavy (non-hydrogen) atoms. The van der Waals surface area contributed by atoms with Crippen molar-refractivity contribution in [3.8, 4) is 0 Å². The van der Waals surface area contributed by atoms with E-state index in [4.69, 9.17) is 0 Å². The summed E-state index contributed by atoms with van der Waals surface area (Å²) in [6, 6.07) is 0. The molecule has 2 heterocycles. The number of hydrogen-bond donors (Lipinski definition) is 1. The van der Waals surface area contributed by atoms with Crippen LogP contribution in [0.15, 0.2) is 22.5 Å². The standard InChI is InChI=1S/C9H9BrN4S/c1-6-8(15-5-14-6)3-12-9-7(10)2-11-4-13-9/h2,4-5H,3H2,1H3,(H,11,12,13). The molecular formula is C9H9BrN4S. The molecule has 0 radical (unpaired) electrons. The summed E-state index contributed by atoms with van der Waals surface area (Å²) in [6.45, 7) is 2.74. The number of thiazole rings is 1. The van der Waals surface area contributed by atoms with Crippen molar-refractivity contribution in [2.75, 3.05) is 5.32 Å². The minimum absolute atomic E-state index is 0.742. The smallest absolute Gasteiger partial charge is 0.144 e. The van der Waals surface area contributed by atoms with Gasteiger partial charge in [-0.15, -0.1) is 11.3 Å². The molecule has 0 aliphatic heterocycles. The van der Waals surface area contributed by atoms with Gasteiger partial charge in [-0.25, -0.2) is 15.0 Å². The number of rotatable bonds is 3. The average Bonchev–Trinajstić information content (AvgIpc) is 2.63. The Morgan fingerprint density at radius 1 is 1.47 bits per heavy atom. The second-order valence-corrected chi connectivity index (χ2v) is 4.73. The highest BCUT2D eigenvalue weighted by molar-refractivity contribution is 9.10. The summed E-state index contributed by atoms with van der Waals surface area (Å²) >= 11 is 5.02. The maximum atomic E-state index is 4.19. The predicted octanol–water partition coefficient (Wildman–Crippen LogP) is 2.62. The maximum absolute atomic E-state index is 4.19. The topological polar surface area (TPSA) is 50.7 Å². The first-order valence-corrected chi connectivity index (χ1v) is 6.03. The molecular weight excluding hydrogens is 276 g/mol. The third-order valence-electron chi connectivity index (χ3n) is 1.93. The molecule has 0 spiro atoms. The summed E-state index contributed by atoms with van der Waals surface area (Å²) in [4.78, 5) is 13.4. The van der Waals surface area contributed by atoms with E-state index in [9.17, 15) is 0 Å². The van der Waals surface area contributed by atoms with Crippen LogP contribution in [0.3, 0.4) is 0 Å². The molecule has 78 valence electrons. The fourth-order valence-electron chi connectivity index (χ4n) is 1.10. The molecule has 0 bridgehead atoms. The molecule has 0 fully saturated rings. The van der Waals surface area contributed by atoms with E-state index in [0.717, 1.165) is 22.5 Å². The highest BCUT2D eigenvalue weighted by atomic mass is 79.9. The lowest BCUT2D eigenvalue weighted by Crippen LogP contribution is -2.02. The van der Waals surface area contributed by atoms with Crippen molar-refractivity contribution in [1.82, 2.24) is 15.0 Å². The lowest BCUT2D eigenvalue weighted by Gasteiger charge is -2.05. The third kappa shape index (κ3) is 2.51. The molecule has 0 atom stereocenters. The van der Waals surface area contributed by atoms with Crippen LogP contribution in [0, 0.1) is 6.92 Å². The van der Waals surface area contributed by atoms with Crippen molar-refractivity contribution in [2.24, 2.45) is 0 Å². The van der Waals surface area contributed by atoms with Gasteiger partial charge in [0, 0.05) is 11.1 Å². The molecule has 4 nitrogen and oxygen atoms in total. The SMILES string of the molecule is Cc1ncsc1CNc1ncncc1Br. The van der Waals surface area contributed by atoms with Gasteiger partial charge in [-0.1, -0.05) is 0 Å². The number of anilines is 1. The molecule has 1 N–H and O–H groups in total. The van der Waals surface area contributed by atoms with E-state index >= 15 is 0 Å². The van der Waals surface area contributed by atoms with Crippen molar-refractivity contribution in [1.29, 1.82) is 0 Å². The van der Waals surface area contributed by atoms with E-state index < -0.39 is 0 Å². The van der Waals surface area contributed by atoms with Crippen LogP contribution in [0.25, 0.3) is 0 Å². The van der Waals surface area contributed by atoms with Gasteiger partial charge in [-0.2, -0.15) is 0 Å². The first-order chi connectivity index (χ1) is 7.27. The normalized spacial score (nSPS) is 10.3. The van der Waals surface area contributed by atoms with Crippen LogP contribution in [0.5, 0.6) is 0 Å². The van der Waals surface area contributed by atoms with E-state index in [0.29, 0.717) is 0 Å². The van der Waals surface area contributed by atoms with Crippen LogP contribution in [0.4, 0.5) is 5.82 Å². The summed E-state index contributed by atoms with van der Waals surface area (Å²) in [7, 11) is 0. The average molecular weight is 285 g/mol. The van der Waals surface area contributed by atoms with E-state index in [1.165, 1.54) is 11.2 Å². The zero-order chi connectivity index (χ0) is 10.7. The summed E-state index contributed by atoms with van der Waals surface area (Å²) in [5.74, 6) is 0.804. The zero-order valence-corrected chi connectivity index (χ0v) is 10.5. The van der Waals surface area contributed by atoms with Crippen LogP contribution >= 0.6 is 27.3 Å². The summed E-state index contributed by atoms with van der Waals surface area (Å²) < 4.78 is 0.868. The Bertz CT molecular complexity index is 457. The summed E-state index contributed by atoms with van der Waals surface area (Å²) in [6.07, 6.45) is 3.24. The van der Waals surface area contributed by atoms with E-state index in [1.54, 1.807) is 17.5 Å². The molecule has 0 aromatic carbocycles. The Morgan fingerprint density at radius 3 is 3.00 bits per heavy atom. The largest absolute Gasteiger partial charge is 0.364 e. The third-order valence-corrected chi connectivity index (χ3v) is 3.44. The second kappa shape index (κ2) is 4.67. The molecule has 0 unspecified atom stereocenters. The predicted molar refractivity (Wildman–Crippen MR) is 63.9 cm³/mol. The highest BCUT2D eigenvalue weighted by Crippen LogP contribution is 2.19. The fraction of sp³-hybridized carbons (Fsp3) is 0.222. The van der Waals surface area contributed by atoms with Gasteiger partial charge in [0.25, 0.3) is 0 Å². The van der Waals surface area contributed by atoms with Crippen molar-refractivity contribution >= 4 is 33.1 Å². The number of halogens is 1. The van der Waals surface area contributed by atoms with Crippen LogP contribution in [-0.2, 0) is 6.54 Å². The van der Waals surface area contributed by atoms with Crippen LogP contribution in [0.2, 0.25) is 0 Å². The Morgan fingerprint density at radius 2 is 2.33 bits per heavy atom. The molecule has 0 saturated heterocycles. The van der Waals surface area contributed by atoms with Gasteiger partial charge in [-0.3, -0.25) is 0 Å². The molecule has 6 heteroatoms. The number of nitrogens with one attached hydrogen (secondary N) is 1. The van der Waals surface area contributed by atoms with Gasteiger partial charge >= 0.3 is 0 Å². The molecule has 2 aromatic heterocycles. The summed E-state index contributed by atoms with van der Waals surface area (Å²) in [5.41, 5.74) is 2.92. The van der Waals surface area contributed by atoms with Crippen molar-refractivity contribution < 1.29 is 0 Å². The van der Waals surface area contributed by atoms with Crippen molar-refractivity contribution in [2.45, 2.75) is 13.5 Å². The highest BCUT2D eigenvalue weighted by Gasteiger charge is 2.03. The van der Waals surface area contributed by atoms with Crippen LogP contribution in [-0.4, -0.2) is 15.0 Å². The van der Waals surface area contributed by atoms with Gasteiger partial charge < -0.3 is 5.32 Å². The minimum Gasteiger partial charge on any atom is -0.364 e. The van der Waals surface area contributed by atoms with Crippen LogP contribution in [0.1, 0.15) is 10.6 Å². The molecule has 2 aromatic rings. The first kappa shape index (κ1) is 10.5. The monoisotopic (exact) mass is 284 g/mol. The van der Waals surface area contributed by atoms with Gasteiger partial charge in [0.2, 0.25) is 0 Å². The number of aryl methyl sites for hydroxylation is 1. The van der Waals surface area contributed by atoms with Crippen molar-refractivity contribution in [3.05, 3.63) is 33.1 Å². The molecule has 0 amide bonds. The number of hydrogen-bond acceptors (Lipinski definition) is 5. The number of aromatic nitrogens is 3. The van der Waals surface area contributed by atoms with Gasteiger partial charge in [0.05, 0.1) is 22.2 Å². The van der Waals surface area contributed by atoms with Crippen molar-refractivity contribution in [3.63, 3.8) is 0 Å². The van der Waals surface area contributed by atoms with Gasteiger partial charge in [0.1, 0.15) is 12.1 Å². The van der Waals surface area contributed by atoms with E-state index in [1.807, 2.05) is 12.4 Å². The second-order valence-electron chi connectivity index (χ2n) is 2.93. The Labute approximate surface area is 99.9 Å². The molecule has 0 aliphatic carbocycles. The molecule has 0 aliphatic rings. The fourth-order valence-corrected chi connectivity index (χ4v) is 2.18.